The van der Waals surface area contributed by atoms with E-state index >= 15 is 0 Å². The van der Waals surface area contributed by atoms with Crippen molar-refractivity contribution in [3.05, 3.63) is 35.9 Å². The second kappa shape index (κ2) is 7.74. The van der Waals surface area contributed by atoms with Crippen LogP contribution in [-0.2, 0) is 11.3 Å². The zero-order chi connectivity index (χ0) is 18.6. The molecular weight excluding hydrogens is 324 g/mol. The molecule has 1 saturated heterocycles. The largest absolute Gasteiger partial charge is 0.465 e. The van der Waals surface area contributed by atoms with Crippen molar-refractivity contribution in [3.8, 4) is 0 Å². The van der Waals surface area contributed by atoms with Crippen molar-refractivity contribution >= 4 is 12.2 Å². The van der Waals surface area contributed by atoms with Gasteiger partial charge >= 0.3 is 12.2 Å². The SMILES string of the molecule is CC(C)(C)C1[C@H](O)[C@H](NC(=O)OCc2ccccc2)CCN1C(=O)O. The molecule has 0 aliphatic carbocycles. The van der Waals surface area contributed by atoms with Crippen LogP contribution in [0.3, 0.4) is 0 Å². The molecule has 0 radical (unpaired) electrons. The lowest BCUT2D eigenvalue weighted by Gasteiger charge is -2.47. The summed E-state index contributed by atoms with van der Waals surface area (Å²) in [6.07, 6.45) is -2.36. The zero-order valence-electron chi connectivity index (χ0n) is 14.8. The summed E-state index contributed by atoms with van der Waals surface area (Å²) in [7, 11) is 0. The number of rotatable bonds is 3. The van der Waals surface area contributed by atoms with E-state index in [0.717, 1.165) is 5.56 Å². The van der Waals surface area contributed by atoms with Gasteiger partial charge in [-0.05, 0) is 17.4 Å². The summed E-state index contributed by atoms with van der Waals surface area (Å²) in [5.74, 6) is 0. The summed E-state index contributed by atoms with van der Waals surface area (Å²) in [5.41, 5.74) is 0.401. The molecule has 2 rings (SSSR count). The first-order chi connectivity index (χ1) is 11.7. The van der Waals surface area contributed by atoms with Crippen LogP contribution in [0, 0.1) is 5.41 Å². The highest BCUT2D eigenvalue weighted by atomic mass is 16.5. The number of ether oxygens (including phenoxy) is 1. The van der Waals surface area contributed by atoms with E-state index in [2.05, 4.69) is 5.32 Å². The molecule has 1 unspecified atom stereocenters. The van der Waals surface area contributed by atoms with E-state index in [-0.39, 0.29) is 13.2 Å². The third-order valence-corrected chi connectivity index (χ3v) is 4.40. The number of carbonyl (C=O) groups excluding carboxylic acids is 1. The Balaban J connectivity index is 1.97. The molecule has 138 valence electrons. The van der Waals surface area contributed by atoms with Crippen molar-refractivity contribution < 1.29 is 24.5 Å². The monoisotopic (exact) mass is 350 g/mol. The maximum atomic E-state index is 12.0. The number of alkyl carbamates (subject to hydrolysis) is 1. The Morgan fingerprint density at radius 2 is 1.92 bits per heavy atom. The minimum Gasteiger partial charge on any atom is -0.465 e. The van der Waals surface area contributed by atoms with Crippen molar-refractivity contribution in [1.29, 1.82) is 0 Å². The molecular formula is C18H26N2O5. The van der Waals surface area contributed by atoms with Crippen molar-refractivity contribution in [3.63, 3.8) is 0 Å². The van der Waals surface area contributed by atoms with Crippen LogP contribution in [-0.4, -0.2) is 52.0 Å². The second-order valence-electron chi connectivity index (χ2n) is 7.38. The normalized spacial score (nSPS) is 23.8. The number of aliphatic hydroxyl groups excluding tert-OH is 1. The number of carbonyl (C=O) groups is 2. The van der Waals surface area contributed by atoms with E-state index in [9.17, 15) is 19.8 Å². The number of nitrogens with zero attached hydrogens (tertiary/aromatic N) is 1. The number of nitrogens with one attached hydrogen (secondary N) is 1. The predicted molar refractivity (Wildman–Crippen MR) is 92.1 cm³/mol. The van der Waals surface area contributed by atoms with Gasteiger partial charge in [0.1, 0.15) is 6.61 Å². The molecule has 1 aliphatic heterocycles. The van der Waals surface area contributed by atoms with Gasteiger partial charge in [-0.25, -0.2) is 9.59 Å². The quantitative estimate of drug-likeness (QED) is 0.778. The fourth-order valence-corrected chi connectivity index (χ4v) is 3.26. The fraction of sp³-hybridized carbons (Fsp3) is 0.556. The van der Waals surface area contributed by atoms with Gasteiger partial charge in [0.25, 0.3) is 0 Å². The zero-order valence-corrected chi connectivity index (χ0v) is 14.8. The highest BCUT2D eigenvalue weighted by Crippen LogP contribution is 2.32. The van der Waals surface area contributed by atoms with E-state index in [0.29, 0.717) is 6.42 Å². The summed E-state index contributed by atoms with van der Waals surface area (Å²) in [6.45, 7) is 5.99. The lowest BCUT2D eigenvalue weighted by Crippen LogP contribution is -2.64. The first-order valence-electron chi connectivity index (χ1n) is 8.35. The van der Waals surface area contributed by atoms with Crippen molar-refractivity contribution in [2.24, 2.45) is 5.41 Å². The number of amides is 2. The van der Waals surface area contributed by atoms with Crippen LogP contribution in [0.25, 0.3) is 0 Å². The fourth-order valence-electron chi connectivity index (χ4n) is 3.26. The molecule has 3 N–H and O–H groups in total. The Morgan fingerprint density at radius 1 is 1.28 bits per heavy atom. The Labute approximate surface area is 147 Å². The van der Waals surface area contributed by atoms with Crippen LogP contribution in [0.15, 0.2) is 30.3 Å². The molecule has 2 amide bonds. The molecule has 25 heavy (non-hydrogen) atoms. The Bertz CT molecular complexity index is 599. The molecule has 1 aromatic carbocycles. The molecule has 7 heteroatoms. The third kappa shape index (κ3) is 4.85. The van der Waals surface area contributed by atoms with Gasteiger partial charge in [0, 0.05) is 6.54 Å². The van der Waals surface area contributed by atoms with Gasteiger partial charge in [0.15, 0.2) is 0 Å². The van der Waals surface area contributed by atoms with E-state index in [1.807, 2.05) is 51.1 Å². The maximum absolute atomic E-state index is 12.0. The highest BCUT2D eigenvalue weighted by molar-refractivity contribution is 5.68. The molecule has 0 bridgehead atoms. The van der Waals surface area contributed by atoms with Gasteiger partial charge in [0.2, 0.25) is 0 Å². The van der Waals surface area contributed by atoms with Crippen molar-refractivity contribution in [2.45, 2.75) is 52.0 Å². The van der Waals surface area contributed by atoms with Crippen LogP contribution in [0.4, 0.5) is 9.59 Å². The van der Waals surface area contributed by atoms with Gasteiger partial charge in [-0.15, -0.1) is 0 Å². The number of hydrogen-bond acceptors (Lipinski definition) is 4. The van der Waals surface area contributed by atoms with Crippen LogP contribution >= 0.6 is 0 Å². The number of benzene rings is 1. The smallest absolute Gasteiger partial charge is 0.407 e. The topological polar surface area (TPSA) is 99.1 Å². The minimum absolute atomic E-state index is 0.138. The lowest BCUT2D eigenvalue weighted by molar-refractivity contribution is -0.0481. The molecule has 3 atom stereocenters. The molecule has 1 heterocycles. The van der Waals surface area contributed by atoms with E-state index in [1.165, 1.54) is 4.90 Å². The van der Waals surface area contributed by atoms with Crippen molar-refractivity contribution in [2.75, 3.05) is 6.54 Å². The molecule has 1 aromatic rings. The van der Waals surface area contributed by atoms with Crippen LogP contribution in [0.1, 0.15) is 32.8 Å². The van der Waals surface area contributed by atoms with Gasteiger partial charge in [-0.2, -0.15) is 0 Å². The summed E-state index contributed by atoms with van der Waals surface area (Å²) < 4.78 is 5.18. The Kier molecular flexibility index (Phi) is 5.89. The summed E-state index contributed by atoms with van der Waals surface area (Å²) >= 11 is 0. The highest BCUT2D eigenvalue weighted by Gasteiger charge is 2.45. The Morgan fingerprint density at radius 3 is 2.48 bits per heavy atom. The second-order valence-corrected chi connectivity index (χ2v) is 7.38. The van der Waals surface area contributed by atoms with Crippen molar-refractivity contribution in [1.82, 2.24) is 10.2 Å². The van der Waals surface area contributed by atoms with Crippen LogP contribution in [0.2, 0.25) is 0 Å². The van der Waals surface area contributed by atoms with E-state index in [1.54, 1.807) is 0 Å². The first kappa shape index (κ1) is 19.1. The van der Waals surface area contributed by atoms with Gasteiger partial charge in [-0.3, -0.25) is 0 Å². The van der Waals surface area contributed by atoms with Gasteiger partial charge in [0.05, 0.1) is 18.2 Å². The first-order valence-corrected chi connectivity index (χ1v) is 8.35. The van der Waals surface area contributed by atoms with E-state index in [4.69, 9.17) is 4.74 Å². The summed E-state index contributed by atoms with van der Waals surface area (Å²) in [4.78, 5) is 24.7. The number of likely N-dealkylation sites (tertiary alicyclic amines) is 1. The predicted octanol–water partition coefficient (Wildman–Crippen LogP) is 2.44. The summed E-state index contributed by atoms with van der Waals surface area (Å²) in [5, 5.41) is 22.7. The third-order valence-electron chi connectivity index (χ3n) is 4.40. The van der Waals surface area contributed by atoms with Crippen LogP contribution in [0.5, 0.6) is 0 Å². The van der Waals surface area contributed by atoms with Gasteiger partial charge in [-0.1, -0.05) is 51.1 Å². The van der Waals surface area contributed by atoms with Gasteiger partial charge < -0.3 is 25.2 Å². The molecule has 7 nitrogen and oxygen atoms in total. The van der Waals surface area contributed by atoms with E-state index < -0.39 is 35.8 Å². The average molecular weight is 350 g/mol. The van der Waals surface area contributed by atoms with Crippen LogP contribution < -0.4 is 5.32 Å². The lowest BCUT2D eigenvalue weighted by atomic mass is 9.77. The summed E-state index contributed by atoms with van der Waals surface area (Å²) in [6, 6.07) is 8.13. The minimum atomic E-state index is -1.07. The average Bonchev–Trinajstić information content (AvgIpc) is 2.54. The Hall–Kier alpha value is -2.28. The maximum Gasteiger partial charge on any atom is 0.407 e. The number of carboxylic acid groups (broad SMARTS) is 1. The molecule has 0 saturated carbocycles. The molecule has 1 aliphatic rings. The number of hydrogen-bond donors (Lipinski definition) is 3. The molecule has 0 aromatic heterocycles. The molecule has 1 fully saturated rings. The number of aliphatic hydroxyl groups is 1. The number of piperidine rings is 1. The standard InChI is InChI=1S/C18H26N2O5/c1-18(2,3)15-14(21)13(9-10-20(15)17(23)24)19-16(22)25-11-12-7-5-4-6-8-12/h4-8,13-15,21H,9-11H2,1-3H3,(H,19,22)(H,23,24)/t13-,14-,15?/m1/s1. The molecule has 0 spiro atoms.